The lowest BCUT2D eigenvalue weighted by molar-refractivity contribution is -0.00000694. The van der Waals surface area contributed by atoms with Crippen molar-refractivity contribution in [2.75, 3.05) is 6.16 Å². The summed E-state index contributed by atoms with van der Waals surface area (Å²) in [5, 5.41) is 4.10. The lowest BCUT2D eigenvalue weighted by Gasteiger charge is -2.34. The SMILES string of the molecule is CC1=NC(Cc2ccccc2)(C[P+](c2ccccc2)(c2ccccc2)c2ccccc2)N=C1.[Br-]. The fourth-order valence-corrected chi connectivity index (χ4v) is 9.40. The van der Waals surface area contributed by atoms with E-state index in [4.69, 9.17) is 9.98 Å². The van der Waals surface area contributed by atoms with Crippen LogP contribution in [-0.2, 0) is 6.42 Å². The highest BCUT2D eigenvalue weighted by Crippen LogP contribution is 2.58. The summed E-state index contributed by atoms with van der Waals surface area (Å²) in [6, 6.07) is 43.7. The molecule has 1 heterocycles. The first-order chi connectivity index (χ1) is 16.2. The van der Waals surface area contributed by atoms with Gasteiger partial charge in [-0.1, -0.05) is 84.9 Å². The van der Waals surface area contributed by atoms with E-state index in [9.17, 15) is 0 Å². The Morgan fingerprint density at radius 1 is 0.618 bits per heavy atom. The first kappa shape index (κ1) is 24.3. The van der Waals surface area contributed by atoms with Gasteiger partial charge in [-0.25, -0.2) is 0 Å². The van der Waals surface area contributed by atoms with Crippen molar-refractivity contribution in [1.29, 1.82) is 0 Å². The number of rotatable bonds is 7. The topological polar surface area (TPSA) is 24.7 Å². The molecule has 2 nitrogen and oxygen atoms in total. The minimum absolute atomic E-state index is 0. The molecule has 5 rings (SSSR count). The fourth-order valence-electron chi connectivity index (χ4n) is 4.89. The van der Waals surface area contributed by atoms with Gasteiger partial charge in [0, 0.05) is 12.6 Å². The van der Waals surface area contributed by atoms with Crippen molar-refractivity contribution in [3.05, 3.63) is 127 Å². The van der Waals surface area contributed by atoms with Gasteiger partial charge < -0.3 is 17.0 Å². The second-order valence-electron chi connectivity index (χ2n) is 8.63. The van der Waals surface area contributed by atoms with Crippen LogP contribution in [0.15, 0.2) is 131 Å². The van der Waals surface area contributed by atoms with Gasteiger partial charge >= 0.3 is 0 Å². The van der Waals surface area contributed by atoms with Crippen LogP contribution in [0.1, 0.15) is 12.5 Å². The molecule has 0 radical (unpaired) electrons. The summed E-state index contributed by atoms with van der Waals surface area (Å²) < 4.78 is 0. The molecule has 4 aromatic rings. The zero-order chi connectivity index (χ0) is 22.6. The van der Waals surface area contributed by atoms with E-state index in [0.29, 0.717) is 0 Å². The maximum Gasteiger partial charge on any atom is 0.188 e. The van der Waals surface area contributed by atoms with Crippen LogP contribution in [0.25, 0.3) is 0 Å². The molecular weight excluding hydrogens is 499 g/mol. The lowest BCUT2D eigenvalue weighted by atomic mass is 10.0. The summed E-state index contributed by atoms with van der Waals surface area (Å²) in [4.78, 5) is 10.3. The molecule has 1 unspecified atom stereocenters. The highest BCUT2D eigenvalue weighted by atomic mass is 79.9. The molecular formula is C30H28BrN2P. The van der Waals surface area contributed by atoms with Crippen LogP contribution >= 0.6 is 7.26 Å². The average molecular weight is 527 g/mol. The molecule has 4 aromatic carbocycles. The Morgan fingerprint density at radius 3 is 1.41 bits per heavy atom. The molecule has 0 spiro atoms. The van der Waals surface area contributed by atoms with Gasteiger partial charge in [0.25, 0.3) is 0 Å². The predicted molar refractivity (Wildman–Crippen MR) is 144 cm³/mol. The second kappa shape index (κ2) is 10.6. The van der Waals surface area contributed by atoms with E-state index in [2.05, 4.69) is 128 Å². The molecule has 0 aromatic heterocycles. The van der Waals surface area contributed by atoms with Crippen LogP contribution in [0.5, 0.6) is 0 Å². The van der Waals surface area contributed by atoms with E-state index in [1.807, 2.05) is 6.21 Å². The van der Waals surface area contributed by atoms with Gasteiger partial charge in [0.2, 0.25) is 0 Å². The number of nitrogens with zero attached hydrogens (tertiary/aromatic N) is 2. The van der Waals surface area contributed by atoms with Gasteiger partial charge in [-0.15, -0.1) is 0 Å². The Morgan fingerprint density at radius 2 is 1.03 bits per heavy atom. The molecule has 0 bridgehead atoms. The summed E-state index contributed by atoms with van der Waals surface area (Å²) in [6.45, 7) is 2.06. The molecule has 0 saturated heterocycles. The first-order valence-corrected chi connectivity index (χ1v) is 13.4. The van der Waals surface area contributed by atoms with Crippen LogP contribution in [0.3, 0.4) is 0 Å². The summed E-state index contributed by atoms with van der Waals surface area (Å²) >= 11 is 0. The highest BCUT2D eigenvalue weighted by Gasteiger charge is 2.52. The Balaban J connectivity index is 0.00000274. The van der Waals surface area contributed by atoms with Crippen LogP contribution < -0.4 is 32.9 Å². The molecule has 4 heteroatoms. The maximum atomic E-state index is 5.20. The lowest BCUT2D eigenvalue weighted by Crippen LogP contribution is -3.00. The minimum atomic E-state index is -2.05. The van der Waals surface area contributed by atoms with Crippen LogP contribution in [0.2, 0.25) is 0 Å². The number of hydrogen-bond acceptors (Lipinski definition) is 2. The molecule has 1 aliphatic rings. The first-order valence-electron chi connectivity index (χ1n) is 11.4. The quantitative estimate of drug-likeness (QED) is 0.330. The predicted octanol–water partition coefficient (Wildman–Crippen LogP) is 2.47. The molecule has 170 valence electrons. The third-order valence-electron chi connectivity index (χ3n) is 6.29. The van der Waals surface area contributed by atoms with E-state index in [1.54, 1.807) is 0 Å². The van der Waals surface area contributed by atoms with Gasteiger partial charge in [0.15, 0.2) is 5.66 Å². The molecule has 1 aliphatic heterocycles. The highest BCUT2D eigenvalue weighted by molar-refractivity contribution is 7.95. The zero-order valence-electron chi connectivity index (χ0n) is 19.3. The van der Waals surface area contributed by atoms with Gasteiger partial charge in [0.1, 0.15) is 29.3 Å². The smallest absolute Gasteiger partial charge is 0.188 e. The van der Waals surface area contributed by atoms with Crippen molar-refractivity contribution in [2.45, 2.75) is 19.0 Å². The molecule has 0 saturated carbocycles. The average Bonchev–Trinajstić information content (AvgIpc) is 3.24. The molecule has 34 heavy (non-hydrogen) atoms. The van der Waals surface area contributed by atoms with E-state index in [0.717, 1.165) is 18.3 Å². The molecule has 0 amide bonds. The fraction of sp³-hybridized carbons (Fsp3) is 0.133. The number of hydrogen-bond donors (Lipinski definition) is 0. The number of aliphatic imine (C=N–C) groups is 2. The van der Waals surface area contributed by atoms with E-state index in [-0.39, 0.29) is 17.0 Å². The Kier molecular flexibility index (Phi) is 7.56. The molecule has 1 atom stereocenters. The van der Waals surface area contributed by atoms with Crippen molar-refractivity contribution >= 4 is 35.1 Å². The van der Waals surface area contributed by atoms with E-state index in [1.165, 1.54) is 21.5 Å². The summed E-state index contributed by atoms with van der Waals surface area (Å²) in [5.74, 6) is 0. The van der Waals surface area contributed by atoms with E-state index < -0.39 is 12.9 Å². The number of benzene rings is 4. The van der Waals surface area contributed by atoms with Gasteiger partial charge in [-0.3, -0.25) is 9.98 Å². The van der Waals surface area contributed by atoms with Crippen LogP contribution in [0, 0.1) is 0 Å². The molecule has 0 N–H and O–H groups in total. The third kappa shape index (κ3) is 4.82. The van der Waals surface area contributed by atoms with Crippen molar-refractivity contribution < 1.29 is 17.0 Å². The zero-order valence-corrected chi connectivity index (χ0v) is 21.7. The largest absolute Gasteiger partial charge is 1.00 e. The number of halogens is 1. The molecule has 0 fully saturated rings. The monoisotopic (exact) mass is 526 g/mol. The Bertz CT molecular complexity index is 1160. The maximum absolute atomic E-state index is 5.20. The minimum Gasteiger partial charge on any atom is -1.00 e. The van der Waals surface area contributed by atoms with E-state index >= 15 is 0 Å². The summed E-state index contributed by atoms with van der Waals surface area (Å²) in [6.07, 6.45) is 3.59. The van der Waals surface area contributed by atoms with Crippen molar-refractivity contribution in [1.82, 2.24) is 0 Å². The standard InChI is InChI=1S/C30H28N2P.BrH/c1-25-23-31-30(32-25,22-26-14-6-2-7-15-26)24-33(27-16-8-3-9-17-27,28-18-10-4-11-19-28)29-20-12-5-13-21-29;/h2-21,23H,22,24H2,1H3;1H/q+1;/p-1. The van der Waals surface area contributed by atoms with Crippen molar-refractivity contribution in [3.8, 4) is 0 Å². The van der Waals surface area contributed by atoms with Crippen molar-refractivity contribution in [3.63, 3.8) is 0 Å². The Labute approximate surface area is 213 Å². The summed E-state index contributed by atoms with van der Waals surface area (Å²) in [5.41, 5.74) is 1.74. The molecule has 0 aliphatic carbocycles. The second-order valence-corrected chi connectivity index (χ2v) is 12.1. The van der Waals surface area contributed by atoms with Gasteiger partial charge in [-0.2, -0.15) is 0 Å². The Hall–Kier alpha value is -2.87. The normalized spacial score (nSPS) is 17.1. The van der Waals surface area contributed by atoms with Crippen molar-refractivity contribution in [2.24, 2.45) is 9.98 Å². The van der Waals surface area contributed by atoms with Crippen LogP contribution in [0.4, 0.5) is 0 Å². The summed E-state index contributed by atoms with van der Waals surface area (Å²) in [7, 11) is -2.05. The van der Waals surface area contributed by atoms with Crippen LogP contribution in [-0.4, -0.2) is 23.8 Å². The van der Waals surface area contributed by atoms with Gasteiger partial charge in [-0.05, 0) is 48.9 Å². The van der Waals surface area contributed by atoms with Gasteiger partial charge in [0.05, 0.1) is 5.71 Å². The third-order valence-corrected chi connectivity index (χ3v) is 10.8.